The predicted octanol–water partition coefficient (Wildman–Crippen LogP) is 1.27. The van der Waals surface area contributed by atoms with E-state index in [1.807, 2.05) is 11.5 Å². The van der Waals surface area contributed by atoms with Crippen molar-refractivity contribution in [1.82, 2.24) is 19.7 Å². The van der Waals surface area contributed by atoms with E-state index < -0.39 is 0 Å². The third-order valence-electron chi connectivity index (χ3n) is 4.14. The molecule has 0 saturated carbocycles. The van der Waals surface area contributed by atoms with E-state index in [1.165, 1.54) is 21.3 Å². The van der Waals surface area contributed by atoms with E-state index in [2.05, 4.69) is 10.2 Å². The number of hydrogen-bond acceptors (Lipinski definition) is 6. The molecule has 8 heteroatoms. The molecule has 1 amide bonds. The molecule has 0 bridgehead atoms. The molecule has 2 aromatic rings. The first-order valence-electron chi connectivity index (χ1n) is 7.57. The number of hydrogen-bond donors (Lipinski definition) is 0. The molecule has 0 N–H and O–H groups in total. The van der Waals surface area contributed by atoms with Gasteiger partial charge in [0.1, 0.15) is 5.82 Å². The number of carbonyl (C=O) groups is 1. The fourth-order valence-corrected chi connectivity index (χ4v) is 2.86. The van der Waals surface area contributed by atoms with Crippen LogP contribution in [0.5, 0.6) is 17.2 Å². The highest BCUT2D eigenvalue weighted by molar-refractivity contribution is 5.95. The summed E-state index contributed by atoms with van der Waals surface area (Å²) < 4.78 is 17.9. The second kappa shape index (κ2) is 6.38. The van der Waals surface area contributed by atoms with Gasteiger partial charge in [-0.3, -0.25) is 4.79 Å². The fourth-order valence-electron chi connectivity index (χ4n) is 2.86. The maximum absolute atomic E-state index is 12.9. The number of carbonyl (C=O) groups excluding carboxylic acids is 1. The van der Waals surface area contributed by atoms with Crippen LogP contribution in [-0.4, -0.2) is 53.4 Å². The monoisotopic (exact) mass is 332 g/mol. The summed E-state index contributed by atoms with van der Waals surface area (Å²) in [5.74, 6) is 2.92. The van der Waals surface area contributed by atoms with Crippen LogP contribution in [-0.2, 0) is 13.1 Å². The van der Waals surface area contributed by atoms with Gasteiger partial charge in [0, 0.05) is 18.7 Å². The van der Waals surface area contributed by atoms with Crippen molar-refractivity contribution in [2.24, 2.45) is 0 Å². The molecule has 0 atom stereocenters. The van der Waals surface area contributed by atoms with E-state index >= 15 is 0 Å². The number of ether oxygens (including phenoxy) is 3. The maximum atomic E-state index is 12.9. The Bertz CT molecular complexity index is 746. The number of aromatic nitrogens is 3. The molecule has 3 rings (SSSR count). The quantitative estimate of drug-likeness (QED) is 0.839. The SMILES string of the molecule is COc1cc(C(=O)N2CCn3c(C)nnc3C2)cc(OC)c1OC. The molecule has 128 valence electrons. The molecule has 0 unspecified atom stereocenters. The Labute approximate surface area is 139 Å². The molecule has 0 saturated heterocycles. The first kappa shape index (κ1) is 16.1. The lowest BCUT2D eigenvalue weighted by Gasteiger charge is -2.28. The van der Waals surface area contributed by atoms with Crippen molar-refractivity contribution in [2.45, 2.75) is 20.0 Å². The molecule has 0 radical (unpaired) electrons. The zero-order valence-corrected chi connectivity index (χ0v) is 14.2. The molecule has 8 nitrogen and oxygen atoms in total. The Balaban J connectivity index is 1.90. The van der Waals surface area contributed by atoms with Crippen molar-refractivity contribution in [3.05, 3.63) is 29.3 Å². The average molecular weight is 332 g/mol. The number of benzene rings is 1. The zero-order valence-electron chi connectivity index (χ0n) is 14.2. The van der Waals surface area contributed by atoms with Crippen molar-refractivity contribution >= 4 is 5.91 Å². The highest BCUT2D eigenvalue weighted by atomic mass is 16.5. The Morgan fingerprint density at radius 3 is 2.29 bits per heavy atom. The van der Waals surface area contributed by atoms with Crippen LogP contribution in [0.3, 0.4) is 0 Å². The lowest BCUT2D eigenvalue weighted by molar-refractivity contribution is 0.0706. The summed E-state index contributed by atoms with van der Waals surface area (Å²) in [5, 5.41) is 8.19. The maximum Gasteiger partial charge on any atom is 0.254 e. The second-order valence-electron chi connectivity index (χ2n) is 5.46. The van der Waals surface area contributed by atoms with Gasteiger partial charge in [-0.1, -0.05) is 0 Å². The van der Waals surface area contributed by atoms with Gasteiger partial charge in [0.25, 0.3) is 5.91 Å². The molecule has 1 aromatic carbocycles. The summed E-state index contributed by atoms with van der Waals surface area (Å²) in [6.07, 6.45) is 0. The fraction of sp³-hybridized carbons (Fsp3) is 0.438. The standard InChI is InChI=1S/C16H20N4O4/c1-10-17-18-14-9-19(5-6-20(10)14)16(21)11-7-12(22-2)15(24-4)13(8-11)23-3/h7-8H,5-6,9H2,1-4H3. The summed E-state index contributed by atoms with van der Waals surface area (Å²) in [5.41, 5.74) is 0.481. The van der Waals surface area contributed by atoms with Gasteiger partial charge in [0.15, 0.2) is 17.3 Å². The normalized spacial score (nSPS) is 13.4. The predicted molar refractivity (Wildman–Crippen MR) is 85.6 cm³/mol. The van der Waals surface area contributed by atoms with Gasteiger partial charge in [0.2, 0.25) is 5.75 Å². The van der Waals surface area contributed by atoms with Crippen LogP contribution in [0.25, 0.3) is 0 Å². The highest BCUT2D eigenvalue weighted by Crippen LogP contribution is 2.38. The second-order valence-corrected chi connectivity index (χ2v) is 5.46. The van der Waals surface area contributed by atoms with Crippen molar-refractivity contribution in [2.75, 3.05) is 27.9 Å². The van der Waals surface area contributed by atoms with Crippen LogP contribution in [0.2, 0.25) is 0 Å². The number of nitrogens with zero attached hydrogens (tertiary/aromatic N) is 4. The molecular formula is C16H20N4O4. The van der Waals surface area contributed by atoms with Crippen molar-refractivity contribution < 1.29 is 19.0 Å². The van der Waals surface area contributed by atoms with Gasteiger partial charge in [-0.15, -0.1) is 10.2 Å². The molecule has 1 aromatic heterocycles. The Kier molecular flexibility index (Phi) is 4.28. The molecule has 2 heterocycles. The molecule has 1 aliphatic rings. The highest BCUT2D eigenvalue weighted by Gasteiger charge is 2.26. The summed E-state index contributed by atoms with van der Waals surface area (Å²) in [6, 6.07) is 3.32. The van der Waals surface area contributed by atoms with Crippen molar-refractivity contribution in [1.29, 1.82) is 0 Å². The van der Waals surface area contributed by atoms with Crippen LogP contribution < -0.4 is 14.2 Å². The Morgan fingerprint density at radius 1 is 1.04 bits per heavy atom. The molecule has 0 spiro atoms. The smallest absolute Gasteiger partial charge is 0.254 e. The third kappa shape index (κ3) is 2.64. The van der Waals surface area contributed by atoms with Crippen LogP contribution >= 0.6 is 0 Å². The van der Waals surface area contributed by atoms with Gasteiger partial charge >= 0.3 is 0 Å². The minimum absolute atomic E-state index is 0.110. The van der Waals surface area contributed by atoms with Crippen molar-refractivity contribution in [3.8, 4) is 17.2 Å². The van der Waals surface area contributed by atoms with E-state index in [4.69, 9.17) is 14.2 Å². The van der Waals surface area contributed by atoms with E-state index in [9.17, 15) is 4.79 Å². The van der Waals surface area contributed by atoms with Gasteiger partial charge in [-0.2, -0.15) is 0 Å². The van der Waals surface area contributed by atoms with E-state index in [0.29, 0.717) is 42.4 Å². The van der Waals surface area contributed by atoms with E-state index in [1.54, 1.807) is 17.0 Å². The Hall–Kier alpha value is -2.77. The largest absolute Gasteiger partial charge is 0.493 e. The molecule has 1 aliphatic heterocycles. The van der Waals surface area contributed by atoms with Gasteiger partial charge in [0.05, 0.1) is 27.9 Å². The first-order valence-corrected chi connectivity index (χ1v) is 7.57. The van der Waals surface area contributed by atoms with Crippen LogP contribution in [0.1, 0.15) is 22.0 Å². The molecule has 0 aliphatic carbocycles. The zero-order chi connectivity index (χ0) is 17.3. The van der Waals surface area contributed by atoms with Gasteiger partial charge in [-0.05, 0) is 19.1 Å². The average Bonchev–Trinajstić information content (AvgIpc) is 3.00. The summed E-state index contributed by atoms with van der Waals surface area (Å²) in [4.78, 5) is 14.6. The van der Waals surface area contributed by atoms with Crippen LogP contribution in [0.4, 0.5) is 0 Å². The number of fused-ring (bicyclic) bond motifs is 1. The van der Waals surface area contributed by atoms with Crippen LogP contribution in [0.15, 0.2) is 12.1 Å². The molecule has 24 heavy (non-hydrogen) atoms. The van der Waals surface area contributed by atoms with Crippen molar-refractivity contribution in [3.63, 3.8) is 0 Å². The molecular weight excluding hydrogens is 312 g/mol. The van der Waals surface area contributed by atoms with E-state index in [-0.39, 0.29) is 5.91 Å². The summed E-state index contributed by atoms with van der Waals surface area (Å²) >= 11 is 0. The third-order valence-corrected chi connectivity index (χ3v) is 4.14. The van der Waals surface area contributed by atoms with E-state index in [0.717, 1.165) is 11.6 Å². The molecule has 0 fully saturated rings. The number of aryl methyl sites for hydroxylation is 1. The van der Waals surface area contributed by atoms with Gasteiger partial charge in [-0.25, -0.2) is 0 Å². The summed E-state index contributed by atoms with van der Waals surface area (Å²) in [7, 11) is 4.58. The van der Waals surface area contributed by atoms with Crippen LogP contribution in [0, 0.1) is 6.92 Å². The number of methoxy groups -OCH3 is 3. The lowest BCUT2D eigenvalue weighted by atomic mass is 10.1. The lowest BCUT2D eigenvalue weighted by Crippen LogP contribution is -2.38. The first-order chi connectivity index (χ1) is 11.6. The van der Waals surface area contributed by atoms with Gasteiger partial charge < -0.3 is 23.7 Å². The number of rotatable bonds is 4. The minimum Gasteiger partial charge on any atom is -0.493 e. The topological polar surface area (TPSA) is 78.7 Å². The minimum atomic E-state index is -0.110. The summed E-state index contributed by atoms with van der Waals surface area (Å²) in [6.45, 7) is 3.62. The Morgan fingerprint density at radius 2 is 1.71 bits per heavy atom. The number of amides is 1.